The van der Waals surface area contributed by atoms with Gasteiger partial charge in [0.15, 0.2) is 22.3 Å². The molecule has 8 heteroatoms. The zero-order chi connectivity index (χ0) is 15.2. The highest BCUT2D eigenvalue weighted by Crippen LogP contribution is 2.33. The number of aromatic nitrogens is 3. The zero-order valence-electron chi connectivity index (χ0n) is 10.4. The number of hydrogen-bond acceptors (Lipinski definition) is 3. The molecule has 21 heavy (non-hydrogen) atoms. The topological polar surface area (TPSA) is 56.2 Å². The summed E-state index contributed by atoms with van der Waals surface area (Å²) in [5, 5.41) is -0.104. The van der Waals surface area contributed by atoms with Gasteiger partial charge in [0.05, 0.1) is 0 Å². The summed E-state index contributed by atoms with van der Waals surface area (Å²) in [4.78, 5) is 7.66. The summed E-state index contributed by atoms with van der Waals surface area (Å²) >= 11 is 5.92. The van der Waals surface area contributed by atoms with Crippen LogP contribution in [0.15, 0.2) is 36.5 Å². The van der Waals surface area contributed by atoms with Crippen molar-refractivity contribution < 1.29 is 13.2 Å². The zero-order valence-corrected chi connectivity index (χ0v) is 11.2. The van der Waals surface area contributed by atoms with Crippen molar-refractivity contribution in [3.8, 4) is 11.3 Å². The summed E-state index contributed by atoms with van der Waals surface area (Å²) < 4.78 is 39.6. The average Bonchev–Trinajstić information content (AvgIpc) is 2.89. The lowest BCUT2D eigenvalue weighted by Gasteiger charge is -2.07. The van der Waals surface area contributed by atoms with Crippen molar-refractivity contribution >= 4 is 23.1 Å². The van der Waals surface area contributed by atoms with Gasteiger partial charge in [-0.15, -0.1) is 0 Å². The maximum Gasteiger partial charge on any atom is 0.434 e. The number of fused-ring (bicyclic) bond motifs is 1. The maximum atomic E-state index is 12.8. The molecular formula is C13H8ClF3N4. The molecule has 2 aromatic heterocycles. The minimum atomic E-state index is -4.57. The van der Waals surface area contributed by atoms with Crippen molar-refractivity contribution in [2.45, 2.75) is 6.18 Å². The molecule has 0 aliphatic heterocycles. The van der Waals surface area contributed by atoms with Crippen molar-refractivity contribution in [1.29, 1.82) is 0 Å². The van der Waals surface area contributed by atoms with Crippen molar-refractivity contribution in [2.24, 2.45) is 0 Å². The summed E-state index contributed by atoms with van der Waals surface area (Å²) in [5.41, 5.74) is 5.47. The highest BCUT2D eigenvalue weighted by atomic mass is 35.5. The Bertz CT molecular complexity index is 812. The van der Waals surface area contributed by atoms with Gasteiger partial charge in [-0.1, -0.05) is 41.9 Å². The van der Waals surface area contributed by atoms with E-state index in [0.29, 0.717) is 5.56 Å². The fourth-order valence-corrected chi connectivity index (χ4v) is 2.13. The molecule has 0 radical (unpaired) electrons. The third kappa shape index (κ3) is 2.29. The van der Waals surface area contributed by atoms with Gasteiger partial charge >= 0.3 is 6.18 Å². The van der Waals surface area contributed by atoms with E-state index in [4.69, 9.17) is 17.3 Å². The lowest BCUT2D eigenvalue weighted by Crippen LogP contribution is -2.04. The molecule has 0 unspecified atom stereocenters. The Hall–Kier alpha value is -2.28. The lowest BCUT2D eigenvalue weighted by atomic mass is 10.1. The molecule has 0 saturated carbocycles. The van der Waals surface area contributed by atoms with E-state index in [1.807, 2.05) is 0 Å². The lowest BCUT2D eigenvalue weighted by molar-refractivity contribution is -0.140. The number of benzene rings is 1. The molecule has 0 saturated heterocycles. The average molecular weight is 313 g/mol. The Morgan fingerprint density at radius 1 is 1.10 bits per heavy atom. The van der Waals surface area contributed by atoms with E-state index in [1.54, 1.807) is 30.3 Å². The molecule has 0 bridgehead atoms. The standard InChI is InChI=1S/C13H8ClF3N4/c14-10-11(18)20-9(7-4-2-1-3-5-7)12-19-8(6-21(10)12)13(15,16)17/h1-6H,18H2. The predicted molar refractivity (Wildman–Crippen MR) is 72.8 cm³/mol. The Labute approximate surface area is 122 Å². The van der Waals surface area contributed by atoms with Crippen molar-refractivity contribution in [3.63, 3.8) is 0 Å². The monoisotopic (exact) mass is 312 g/mol. The molecule has 0 aliphatic rings. The molecule has 2 heterocycles. The van der Waals surface area contributed by atoms with Gasteiger partial charge in [-0.2, -0.15) is 13.2 Å². The maximum absolute atomic E-state index is 12.8. The van der Waals surface area contributed by atoms with E-state index < -0.39 is 11.9 Å². The van der Waals surface area contributed by atoms with Crippen LogP contribution in [0.3, 0.4) is 0 Å². The van der Waals surface area contributed by atoms with Crippen LogP contribution in [0, 0.1) is 0 Å². The van der Waals surface area contributed by atoms with Gasteiger partial charge in [-0.25, -0.2) is 9.97 Å². The van der Waals surface area contributed by atoms with Gasteiger partial charge in [0.2, 0.25) is 0 Å². The first-order valence-electron chi connectivity index (χ1n) is 5.84. The van der Waals surface area contributed by atoms with Crippen LogP contribution in [-0.2, 0) is 6.18 Å². The molecule has 0 fully saturated rings. The molecule has 0 spiro atoms. The van der Waals surface area contributed by atoms with Crippen LogP contribution < -0.4 is 5.73 Å². The highest BCUT2D eigenvalue weighted by Gasteiger charge is 2.35. The summed E-state index contributed by atoms with van der Waals surface area (Å²) in [7, 11) is 0. The fourth-order valence-electron chi connectivity index (χ4n) is 1.96. The number of alkyl halides is 3. The van der Waals surface area contributed by atoms with Crippen LogP contribution in [0.5, 0.6) is 0 Å². The smallest absolute Gasteiger partial charge is 0.381 e. The molecule has 3 rings (SSSR count). The molecule has 3 aromatic rings. The second kappa shape index (κ2) is 4.63. The molecule has 108 valence electrons. The van der Waals surface area contributed by atoms with Crippen molar-refractivity contribution in [2.75, 3.05) is 5.73 Å². The van der Waals surface area contributed by atoms with E-state index in [9.17, 15) is 13.2 Å². The molecule has 0 amide bonds. The van der Waals surface area contributed by atoms with Crippen molar-refractivity contribution in [1.82, 2.24) is 14.4 Å². The Morgan fingerprint density at radius 2 is 1.76 bits per heavy atom. The summed E-state index contributed by atoms with van der Waals surface area (Å²) in [6.07, 6.45) is -3.76. The predicted octanol–water partition coefficient (Wildman–Crippen LogP) is 3.65. The highest BCUT2D eigenvalue weighted by molar-refractivity contribution is 6.32. The first-order valence-corrected chi connectivity index (χ1v) is 6.22. The SMILES string of the molecule is Nc1nc(-c2ccccc2)c2nc(C(F)(F)F)cn2c1Cl. The third-order valence-electron chi connectivity index (χ3n) is 2.91. The summed E-state index contributed by atoms with van der Waals surface area (Å²) in [6, 6.07) is 8.68. The van der Waals surface area contributed by atoms with E-state index >= 15 is 0 Å². The molecule has 1 aromatic carbocycles. The van der Waals surface area contributed by atoms with E-state index in [-0.39, 0.29) is 22.3 Å². The van der Waals surface area contributed by atoms with E-state index in [0.717, 1.165) is 10.6 Å². The van der Waals surface area contributed by atoms with Crippen LogP contribution in [0.4, 0.5) is 19.0 Å². The molecular weight excluding hydrogens is 305 g/mol. The van der Waals surface area contributed by atoms with Gasteiger partial charge in [0.1, 0.15) is 5.69 Å². The molecule has 0 aliphatic carbocycles. The van der Waals surface area contributed by atoms with Gasteiger partial charge in [0, 0.05) is 11.8 Å². The quantitative estimate of drug-likeness (QED) is 0.746. The Morgan fingerprint density at radius 3 is 2.38 bits per heavy atom. The molecule has 2 N–H and O–H groups in total. The van der Waals surface area contributed by atoms with Crippen LogP contribution >= 0.6 is 11.6 Å². The Kier molecular flexibility index (Phi) is 3.02. The van der Waals surface area contributed by atoms with E-state index in [2.05, 4.69) is 9.97 Å². The summed E-state index contributed by atoms with van der Waals surface area (Å²) in [5.74, 6) is -0.0610. The number of anilines is 1. The van der Waals surface area contributed by atoms with Crippen LogP contribution in [0.1, 0.15) is 5.69 Å². The number of nitrogens with zero attached hydrogens (tertiary/aromatic N) is 3. The van der Waals surface area contributed by atoms with Crippen molar-refractivity contribution in [3.05, 3.63) is 47.4 Å². The van der Waals surface area contributed by atoms with Crippen LogP contribution in [-0.4, -0.2) is 14.4 Å². The normalized spacial score (nSPS) is 12.0. The number of nitrogen functional groups attached to an aromatic ring is 1. The third-order valence-corrected chi connectivity index (χ3v) is 3.29. The number of nitrogens with two attached hydrogens (primary N) is 1. The summed E-state index contributed by atoms with van der Waals surface area (Å²) in [6.45, 7) is 0. The van der Waals surface area contributed by atoms with E-state index in [1.165, 1.54) is 0 Å². The first kappa shape index (κ1) is 13.7. The molecule has 4 nitrogen and oxygen atoms in total. The first-order chi connectivity index (χ1) is 9.88. The minimum absolute atomic E-state index is 0.00715. The minimum Gasteiger partial charge on any atom is -0.381 e. The molecule has 0 atom stereocenters. The van der Waals surface area contributed by atoms with Crippen LogP contribution in [0.2, 0.25) is 5.15 Å². The van der Waals surface area contributed by atoms with Gasteiger partial charge in [0.25, 0.3) is 0 Å². The number of halogens is 4. The van der Waals surface area contributed by atoms with Crippen LogP contribution in [0.25, 0.3) is 16.9 Å². The van der Waals surface area contributed by atoms with Gasteiger partial charge in [-0.3, -0.25) is 4.40 Å². The number of hydrogen-bond donors (Lipinski definition) is 1. The Balaban J connectivity index is 2.35. The fraction of sp³-hybridized carbons (Fsp3) is 0.0769. The second-order valence-corrected chi connectivity index (χ2v) is 4.68. The number of rotatable bonds is 1. The largest absolute Gasteiger partial charge is 0.434 e. The van der Waals surface area contributed by atoms with Gasteiger partial charge in [-0.05, 0) is 0 Å². The van der Waals surface area contributed by atoms with Gasteiger partial charge < -0.3 is 5.73 Å². The second-order valence-electron chi connectivity index (χ2n) is 4.32. The number of imidazole rings is 1.